The van der Waals surface area contributed by atoms with E-state index in [9.17, 15) is 4.79 Å². The van der Waals surface area contributed by atoms with Crippen LogP contribution in [-0.4, -0.2) is 28.8 Å². The number of nitrogens with one attached hydrogen (secondary N) is 1. The molecule has 0 aromatic carbocycles. The van der Waals surface area contributed by atoms with Crippen LogP contribution in [-0.2, 0) is 11.3 Å². The van der Waals surface area contributed by atoms with Crippen molar-refractivity contribution in [2.75, 3.05) is 18.5 Å². The van der Waals surface area contributed by atoms with E-state index in [-0.39, 0.29) is 5.56 Å². The van der Waals surface area contributed by atoms with Crippen molar-refractivity contribution in [3.05, 3.63) is 22.7 Å². The van der Waals surface area contributed by atoms with Crippen LogP contribution in [0.3, 0.4) is 0 Å². The number of nitrogens with zero attached hydrogens (tertiary/aromatic N) is 2. The van der Waals surface area contributed by atoms with Gasteiger partial charge in [-0.1, -0.05) is 0 Å². The lowest BCUT2D eigenvalue weighted by molar-refractivity contribution is 0.0903. The van der Waals surface area contributed by atoms with E-state index in [0.717, 1.165) is 26.1 Å². The van der Waals surface area contributed by atoms with Gasteiger partial charge in [0.25, 0.3) is 5.56 Å². The molecule has 0 unspecified atom stereocenters. The molecule has 0 atom stereocenters. The highest BCUT2D eigenvalue weighted by molar-refractivity contribution is 5.32. The standard InChI is InChI=1S/C11H17N3O2/c1-2-14-6-5-12-10(11(14)15)13-9-3-7-16-8-4-9/h5-6,9H,2-4,7-8H2,1H3,(H,12,13). The lowest BCUT2D eigenvalue weighted by Crippen LogP contribution is -2.32. The van der Waals surface area contributed by atoms with Gasteiger partial charge in [-0.25, -0.2) is 4.98 Å². The first kappa shape index (κ1) is 11.1. The first-order valence-corrected chi connectivity index (χ1v) is 5.71. The van der Waals surface area contributed by atoms with E-state index in [4.69, 9.17) is 4.74 Å². The van der Waals surface area contributed by atoms with Crippen LogP contribution in [0.5, 0.6) is 0 Å². The van der Waals surface area contributed by atoms with E-state index in [2.05, 4.69) is 10.3 Å². The predicted octanol–water partition coefficient (Wildman–Crippen LogP) is 0.854. The van der Waals surface area contributed by atoms with Crippen LogP contribution < -0.4 is 10.9 Å². The summed E-state index contributed by atoms with van der Waals surface area (Å²) in [5.74, 6) is 0.455. The summed E-state index contributed by atoms with van der Waals surface area (Å²) in [6, 6.07) is 0.307. The van der Waals surface area contributed by atoms with Crippen LogP contribution in [0.1, 0.15) is 19.8 Å². The molecule has 0 spiro atoms. The van der Waals surface area contributed by atoms with Crippen LogP contribution in [0.2, 0.25) is 0 Å². The van der Waals surface area contributed by atoms with Gasteiger partial charge in [0.1, 0.15) is 0 Å². The number of hydrogen-bond acceptors (Lipinski definition) is 4. The highest BCUT2D eigenvalue weighted by atomic mass is 16.5. The minimum absolute atomic E-state index is 0.0449. The highest BCUT2D eigenvalue weighted by Gasteiger charge is 2.15. The minimum atomic E-state index is -0.0449. The second kappa shape index (κ2) is 5.12. The molecular weight excluding hydrogens is 206 g/mol. The number of ether oxygens (including phenoxy) is 1. The number of anilines is 1. The fourth-order valence-corrected chi connectivity index (χ4v) is 1.83. The van der Waals surface area contributed by atoms with Crippen molar-refractivity contribution in [3.63, 3.8) is 0 Å². The van der Waals surface area contributed by atoms with Crippen LogP contribution in [0.4, 0.5) is 5.82 Å². The van der Waals surface area contributed by atoms with Crippen molar-refractivity contribution >= 4 is 5.82 Å². The fraction of sp³-hybridized carbons (Fsp3) is 0.636. The molecule has 0 amide bonds. The van der Waals surface area contributed by atoms with Gasteiger partial charge in [0, 0.05) is 38.2 Å². The van der Waals surface area contributed by atoms with E-state index in [0.29, 0.717) is 18.4 Å². The van der Waals surface area contributed by atoms with Gasteiger partial charge in [-0.15, -0.1) is 0 Å². The van der Waals surface area contributed by atoms with E-state index in [1.54, 1.807) is 17.0 Å². The van der Waals surface area contributed by atoms with Crippen molar-refractivity contribution in [3.8, 4) is 0 Å². The number of aryl methyl sites for hydroxylation is 1. The van der Waals surface area contributed by atoms with Gasteiger partial charge >= 0.3 is 0 Å². The SMILES string of the molecule is CCn1ccnc(NC2CCOCC2)c1=O. The van der Waals surface area contributed by atoms with Crippen LogP contribution in [0.15, 0.2) is 17.2 Å². The number of aromatic nitrogens is 2. The molecule has 0 radical (unpaired) electrons. The molecule has 5 nitrogen and oxygen atoms in total. The molecular formula is C11H17N3O2. The average molecular weight is 223 g/mol. The van der Waals surface area contributed by atoms with Crippen LogP contribution in [0, 0.1) is 0 Å². The predicted molar refractivity (Wildman–Crippen MR) is 61.6 cm³/mol. The van der Waals surface area contributed by atoms with E-state index in [1.165, 1.54) is 0 Å². The van der Waals surface area contributed by atoms with Gasteiger partial charge in [0.05, 0.1) is 0 Å². The summed E-state index contributed by atoms with van der Waals surface area (Å²) in [6.45, 7) is 4.13. The second-order valence-electron chi connectivity index (χ2n) is 3.90. The summed E-state index contributed by atoms with van der Waals surface area (Å²) in [6.07, 6.45) is 5.23. The second-order valence-corrected chi connectivity index (χ2v) is 3.90. The zero-order valence-electron chi connectivity index (χ0n) is 9.48. The van der Waals surface area contributed by atoms with Gasteiger partial charge in [-0.2, -0.15) is 0 Å². The molecule has 88 valence electrons. The molecule has 1 aromatic rings. The summed E-state index contributed by atoms with van der Waals surface area (Å²) in [7, 11) is 0. The third-order valence-electron chi connectivity index (χ3n) is 2.82. The maximum absolute atomic E-state index is 11.9. The summed E-state index contributed by atoms with van der Waals surface area (Å²) >= 11 is 0. The van der Waals surface area contributed by atoms with E-state index in [1.807, 2.05) is 6.92 Å². The Morgan fingerprint density at radius 1 is 1.56 bits per heavy atom. The van der Waals surface area contributed by atoms with E-state index >= 15 is 0 Å². The Morgan fingerprint density at radius 2 is 2.31 bits per heavy atom. The topological polar surface area (TPSA) is 56.1 Å². The normalized spacial score (nSPS) is 17.3. The molecule has 1 aromatic heterocycles. The molecule has 2 heterocycles. The zero-order valence-corrected chi connectivity index (χ0v) is 9.48. The monoisotopic (exact) mass is 223 g/mol. The van der Waals surface area contributed by atoms with Gasteiger partial charge in [-0.3, -0.25) is 4.79 Å². The first-order valence-electron chi connectivity index (χ1n) is 5.71. The van der Waals surface area contributed by atoms with Gasteiger partial charge in [0.15, 0.2) is 5.82 Å². The zero-order chi connectivity index (χ0) is 11.4. The van der Waals surface area contributed by atoms with E-state index < -0.39 is 0 Å². The van der Waals surface area contributed by atoms with Crippen molar-refractivity contribution in [2.24, 2.45) is 0 Å². The van der Waals surface area contributed by atoms with Gasteiger partial charge < -0.3 is 14.6 Å². The molecule has 0 bridgehead atoms. The van der Waals surface area contributed by atoms with Crippen LogP contribution >= 0.6 is 0 Å². The summed E-state index contributed by atoms with van der Waals surface area (Å²) in [5.41, 5.74) is -0.0449. The third kappa shape index (κ3) is 2.41. The first-order chi connectivity index (χ1) is 7.81. The van der Waals surface area contributed by atoms with Crippen molar-refractivity contribution < 1.29 is 4.74 Å². The lowest BCUT2D eigenvalue weighted by atomic mass is 10.1. The Kier molecular flexibility index (Phi) is 3.56. The number of hydrogen-bond donors (Lipinski definition) is 1. The Morgan fingerprint density at radius 3 is 3.00 bits per heavy atom. The fourth-order valence-electron chi connectivity index (χ4n) is 1.83. The maximum Gasteiger partial charge on any atom is 0.293 e. The number of rotatable bonds is 3. The van der Waals surface area contributed by atoms with Crippen LogP contribution in [0.25, 0.3) is 0 Å². The Bertz CT molecular complexity index is 396. The largest absolute Gasteiger partial charge is 0.381 e. The third-order valence-corrected chi connectivity index (χ3v) is 2.82. The maximum atomic E-state index is 11.9. The lowest BCUT2D eigenvalue weighted by Gasteiger charge is -2.23. The molecule has 1 fully saturated rings. The molecule has 1 N–H and O–H groups in total. The quantitative estimate of drug-likeness (QED) is 0.825. The molecule has 16 heavy (non-hydrogen) atoms. The molecule has 0 aliphatic carbocycles. The van der Waals surface area contributed by atoms with Gasteiger partial charge in [-0.05, 0) is 19.8 Å². The highest BCUT2D eigenvalue weighted by Crippen LogP contribution is 2.10. The van der Waals surface area contributed by atoms with Crippen molar-refractivity contribution in [1.82, 2.24) is 9.55 Å². The molecule has 1 saturated heterocycles. The Hall–Kier alpha value is -1.36. The Labute approximate surface area is 94.5 Å². The average Bonchev–Trinajstić information content (AvgIpc) is 2.33. The molecule has 2 rings (SSSR count). The van der Waals surface area contributed by atoms with Crippen molar-refractivity contribution in [2.45, 2.75) is 32.4 Å². The summed E-state index contributed by atoms with van der Waals surface area (Å²) in [5, 5.41) is 3.20. The smallest absolute Gasteiger partial charge is 0.293 e. The molecule has 1 aliphatic rings. The minimum Gasteiger partial charge on any atom is -0.381 e. The molecule has 0 saturated carbocycles. The molecule has 5 heteroatoms. The van der Waals surface area contributed by atoms with Crippen molar-refractivity contribution in [1.29, 1.82) is 0 Å². The van der Waals surface area contributed by atoms with Gasteiger partial charge in [0.2, 0.25) is 0 Å². The summed E-state index contributed by atoms with van der Waals surface area (Å²) < 4.78 is 6.92. The Balaban J connectivity index is 2.11. The molecule has 1 aliphatic heterocycles. The summed E-state index contributed by atoms with van der Waals surface area (Å²) in [4.78, 5) is 16.0.